The molecule has 0 saturated carbocycles. The molecule has 1 aliphatic heterocycles. The molecule has 2 unspecified atom stereocenters. The molecule has 3 rings (SSSR count). The zero-order valence-electron chi connectivity index (χ0n) is 14.9. The molecule has 0 aromatic heterocycles. The van der Waals surface area contributed by atoms with Gasteiger partial charge >= 0.3 is 5.97 Å². The topological polar surface area (TPSA) is 40.5 Å². The zero-order valence-corrected chi connectivity index (χ0v) is 14.9. The summed E-state index contributed by atoms with van der Waals surface area (Å²) in [5, 5.41) is 9.56. The van der Waals surface area contributed by atoms with Crippen LogP contribution in [0, 0.1) is 0 Å². The van der Waals surface area contributed by atoms with Gasteiger partial charge in [0.25, 0.3) is 0 Å². The summed E-state index contributed by atoms with van der Waals surface area (Å²) in [7, 11) is 0. The number of hydrogen-bond donors (Lipinski definition) is 1. The summed E-state index contributed by atoms with van der Waals surface area (Å²) in [6, 6.07) is 18.9. The number of carboxylic acid groups (broad SMARTS) is 1. The van der Waals surface area contributed by atoms with Crippen LogP contribution < -0.4 is 0 Å². The molecule has 3 heteroatoms. The molecular weight excluding hydrogens is 310 g/mol. The van der Waals surface area contributed by atoms with Crippen molar-refractivity contribution < 1.29 is 9.90 Å². The molecule has 2 aromatic carbocycles. The lowest BCUT2D eigenvalue weighted by atomic mass is 9.96. The van der Waals surface area contributed by atoms with Crippen LogP contribution in [0.25, 0.3) is 11.1 Å². The van der Waals surface area contributed by atoms with Crippen LogP contribution in [0.1, 0.15) is 50.6 Å². The van der Waals surface area contributed by atoms with Crippen molar-refractivity contribution in [3.8, 4) is 11.1 Å². The summed E-state index contributed by atoms with van der Waals surface area (Å²) in [6.07, 6.45) is 5.00. The molecule has 1 heterocycles. The average molecular weight is 337 g/mol. The Kier molecular flexibility index (Phi) is 5.87. The summed E-state index contributed by atoms with van der Waals surface area (Å²) >= 11 is 0. The van der Waals surface area contributed by atoms with E-state index in [-0.39, 0.29) is 12.1 Å². The van der Waals surface area contributed by atoms with E-state index < -0.39 is 5.97 Å². The molecule has 132 valence electrons. The third-order valence-electron chi connectivity index (χ3n) is 5.21. The fourth-order valence-corrected chi connectivity index (χ4v) is 3.88. The van der Waals surface area contributed by atoms with Crippen molar-refractivity contribution in [2.45, 2.75) is 51.1 Å². The number of likely N-dealkylation sites (tertiary alicyclic amines) is 1. The third-order valence-corrected chi connectivity index (χ3v) is 5.21. The molecule has 1 saturated heterocycles. The molecule has 1 fully saturated rings. The van der Waals surface area contributed by atoms with Crippen LogP contribution in [0.5, 0.6) is 0 Å². The standard InChI is InChI=1S/C22H27NO2/c1-2-3-10-20(23-16-7-11-21(23)22(24)25)19-14-12-18(13-15-19)17-8-5-4-6-9-17/h4-6,8-9,12-15,20-21H,2-3,7,10-11,16H2,1H3,(H,24,25). The van der Waals surface area contributed by atoms with Gasteiger partial charge in [0, 0.05) is 6.04 Å². The molecule has 3 nitrogen and oxygen atoms in total. The number of unbranched alkanes of at least 4 members (excludes halogenated alkanes) is 1. The van der Waals surface area contributed by atoms with Crippen molar-refractivity contribution in [2.75, 3.05) is 6.54 Å². The Morgan fingerprint density at radius 3 is 2.44 bits per heavy atom. The van der Waals surface area contributed by atoms with Crippen molar-refractivity contribution in [1.29, 1.82) is 0 Å². The smallest absolute Gasteiger partial charge is 0.320 e. The van der Waals surface area contributed by atoms with Crippen molar-refractivity contribution in [3.05, 3.63) is 60.2 Å². The van der Waals surface area contributed by atoms with Gasteiger partial charge in [-0.25, -0.2) is 0 Å². The molecule has 0 radical (unpaired) electrons. The van der Waals surface area contributed by atoms with E-state index in [0.29, 0.717) is 0 Å². The largest absolute Gasteiger partial charge is 0.480 e. The fraction of sp³-hybridized carbons (Fsp3) is 0.409. The Balaban J connectivity index is 1.85. The van der Waals surface area contributed by atoms with Gasteiger partial charge in [-0.2, -0.15) is 0 Å². The monoisotopic (exact) mass is 337 g/mol. The Labute approximate surface area is 150 Å². The van der Waals surface area contributed by atoms with E-state index in [9.17, 15) is 9.90 Å². The van der Waals surface area contributed by atoms with Crippen molar-refractivity contribution in [1.82, 2.24) is 4.90 Å². The highest BCUT2D eigenvalue weighted by Crippen LogP contribution is 2.34. The van der Waals surface area contributed by atoms with Gasteiger partial charge in [0.05, 0.1) is 0 Å². The van der Waals surface area contributed by atoms with E-state index in [1.807, 2.05) is 6.07 Å². The molecule has 0 bridgehead atoms. The molecule has 25 heavy (non-hydrogen) atoms. The summed E-state index contributed by atoms with van der Waals surface area (Å²) in [4.78, 5) is 13.8. The minimum Gasteiger partial charge on any atom is -0.480 e. The van der Waals surface area contributed by atoms with Gasteiger partial charge in [0.1, 0.15) is 6.04 Å². The van der Waals surface area contributed by atoms with Crippen LogP contribution in [0.4, 0.5) is 0 Å². The maximum Gasteiger partial charge on any atom is 0.320 e. The van der Waals surface area contributed by atoms with Crippen molar-refractivity contribution in [3.63, 3.8) is 0 Å². The molecule has 0 amide bonds. The van der Waals surface area contributed by atoms with Crippen LogP contribution in [0.15, 0.2) is 54.6 Å². The number of nitrogens with zero attached hydrogens (tertiary/aromatic N) is 1. The van der Waals surface area contributed by atoms with E-state index in [1.54, 1.807) is 0 Å². The highest BCUT2D eigenvalue weighted by Gasteiger charge is 2.35. The van der Waals surface area contributed by atoms with E-state index in [2.05, 4.69) is 60.4 Å². The quantitative estimate of drug-likeness (QED) is 0.761. The third kappa shape index (κ3) is 4.10. The van der Waals surface area contributed by atoms with E-state index in [1.165, 1.54) is 16.7 Å². The first-order valence-electron chi connectivity index (χ1n) is 9.34. The molecular formula is C22H27NO2. The summed E-state index contributed by atoms with van der Waals surface area (Å²) in [5.41, 5.74) is 3.65. The first kappa shape index (κ1) is 17.7. The average Bonchev–Trinajstić information content (AvgIpc) is 3.13. The molecule has 1 aliphatic rings. The van der Waals surface area contributed by atoms with Gasteiger partial charge in [0.15, 0.2) is 0 Å². The van der Waals surface area contributed by atoms with Crippen LogP contribution in [-0.4, -0.2) is 28.6 Å². The molecule has 0 spiro atoms. The SMILES string of the molecule is CCCCC(c1ccc(-c2ccccc2)cc1)N1CCCC1C(=O)O. The second kappa shape index (κ2) is 8.30. The van der Waals surface area contributed by atoms with E-state index >= 15 is 0 Å². The van der Waals surface area contributed by atoms with Crippen molar-refractivity contribution in [2.24, 2.45) is 0 Å². The van der Waals surface area contributed by atoms with Crippen LogP contribution >= 0.6 is 0 Å². The lowest BCUT2D eigenvalue weighted by Crippen LogP contribution is -2.38. The zero-order chi connectivity index (χ0) is 17.6. The van der Waals surface area contributed by atoms with Crippen LogP contribution in [-0.2, 0) is 4.79 Å². The number of carboxylic acids is 1. The summed E-state index contributed by atoms with van der Waals surface area (Å²) in [5.74, 6) is -0.681. The predicted molar refractivity (Wildman–Crippen MR) is 102 cm³/mol. The minimum absolute atomic E-state index is 0.202. The highest BCUT2D eigenvalue weighted by atomic mass is 16.4. The normalized spacial score (nSPS) is 19.0. The number of hydrogen-bond acceptors (Lipinski definition) is 2. The summed E-state index contributed by atoms with van der Waals surface area (Å²) in [6.45, 7) is 3.07. The molecule has 2 atom stereocenters. The van der Waals surface area contributed by atoms with Crippen LogP contribution in [0.2, 0.25) is 0 Å². The predicted octanol–water partition coefficient (Wildman–Crippen LogP) is 5.13. The maximum absolute atomic E-state index is 11.6. The molecule has 0 aliphatic carbocycles. The van der Waals surface area contributed by atoms with Gasteiger partial charge in [-0.1, -0.05) is 74.4 Å². The number of benzene rings is 2. The first-order valence-corrected chi connectivity index (χ1v) is 9.34. The van der Waals surface area contributed by atoms with Crippen molar-refractivity contribution >= 4 is 5.97 Å². The van der Waals surface area contributed by atoms with Crippen LogP contribution in [0.3, 0.4) is 0 Å². The minimum atomic E-state index is -0.681. The van der Waals surface area contributed by atoms with Gasteiger partial charge in [-0.15, -0.1) is 0 Å². The Bertz CT molecular complexity index is 681. The highest BCUT2D eigenvalue weighted by molar-refractivity contribution is 5.74. The van der Waals surface area contributed by atoms with E-state index in [4.69, 9.17) is 0 Å². The lowest BCUT2D eigenvalue weighted by molar-refractivity contribution is -0.143. The van der Waals surface area contributed by atoms with Gasteiger partial charge < -0.3 is 5.11 Å². The Morgan fingerprint density at radius 2 is 1.80 bits per heavy atom. The maximum atomic E-state index is 11.6. The number of rotatable bonds is 7. The second-order valence-corrected chi connectivity index (χ2v) is 6.88. The van der Waals surface area contributed by atoms with Gasteiger partial charge in [-0.3, -0.25) is 9.69 Å². The van der Waals surface area contributed by atoms with Gasteiger partial charge in [-0.05, 0) is 42.5 Å². The molecule has 2 aromatic rings. The summed E-state index contributed by atoms with van der Waals surface area (Å²) < 4.78 is 0. The second-order valence-electron chi connectivity index (χ2n) is 6.88. The number of aliphatic carboxylic acids is 1. The van der Waals surface area contributed by atoms with E-state index in [0.717, 1.165) is 38.6 Å². The van der Waals surface area contributed by atoms with Gasteiger partial charge in [0.2, 0.25) is 0 Å². The first-order chi connectivity index (χ1) is 12.2. The Hall–Kier alpha value is -2.13. The lowest BCUT2D eigenvalue weighted by Gasteiger charge is -2.31. The fourth-order valence-electron chi connectivity index (χ4n) is 3.88. The molecule has 1 N–H and O–H groups in total. The number of carbonyl (C=O) groups is 1. The Morgan fingerprint density at radius 1 is 1.12 bits per heavy atom.